The zero-order valence-electron chi connectivity index (χ0n) is 11.0. The normalized spacial score (nSPS) is 28.7. The quantitative estimate of drug-likeness (QED) is 0.622. The van der Waals surface area contributed by atoms with Gasteiger partial charge in [0.1, 0.15) is 6.54 Å². The lowest BCUT2D eigenvalue weighted by Crippen LogP contribution is -2.40. The van der Waals surface area contributed by atoms with Gasteiger partial charge in [-0.3, -0.25) is 0 Å². The maximum absolute atomic E-state index is 12.3. The van der Waals surface area contributed by atoms with Crippen LogP contribution in [0.5, 0.6) is 0 Å². The highest BCUT2D eigenvalue weighted by Gasteiger charge is 2.35. The molecule has 0 spiro atoms. The standard InChI is InChI=1S/C13H23F2N3/c1-2-16-13(17-7-12(14)15)18-8-10-5-3-4-6-11(10)9-18/h10-12H,2-9H2,1H3,(H,16,17). The number of nitrogens with zero attached hydrogens (tertiary/aromatic N) is 2. The van der Waals surface area contributed by atoms with Gasteiger partial charge in [-0.1, -0.05) is 12.8 Å². The van der Waals surface area contributed by atoms with Crippen molar-refractivity contribution >= 4 is 5.96 Å². The van der Waals surface area contributed by atoms with Gasteiger partial charge in [0.25, 0.3) is 6.43 Å². The number of guanidine groups is 1. The van der Waals surface area contributed by atoms with E-state index >= 15 is 0 Å². The van der Waals surface area contributed by atoms with Gasteiger partial charge in [-0.15, -0.1) is 0 Å². The molecule has 0 aromatic rings. The van der Waals surface area contributed by atoms with E-state index in [1.54, 1.807) is 0 Å². The molecule has 0 aromatic heterocycles. The SMILES string of the molecule is CCNC(=NCC(F)F)N1CC2CCCCC2C1. The second kappa shape index (κ2) is 6.34. The van der Waals surface area contributed by atoms with E-state index in [9.17, 15) is 8.78 Å². The predicted octanol–water partition coefficient (Wildman–Crippen LogP) is 2.34. The van der Waals surface area contributed by atoms with Crippen molar-refractivity contribution in [2.75, 3.05) is 26.2 Å². The third-order valence-electron chi connectivity index (χ3n) is 3.99. The summed E-state index contributed by atoms with van der Waals surface area (Å²) < 4.78 is 24.5. The van der Waals surface area contributed by atoms with E-state index in [4.69, 9.17) is 0 Å². The monoisotopic (exact) mass is 259 g/mol. The van der Waals surface area contributed by atoms with Crippen LogP contribution in [0.4, 0.5) is 8.78 Å². The summed E-state index contributed by atoms with van der Waals surface area (Å²) in [7, 11) is 0. The molecule has 104 valence electrons. The number of rotatable bonds is 3. The van der Waals surface area contributed by atoms with Crippen molar-refractivity contribution in [3.8, 4) is 0 Å². The average molecular weight is 259 g/mol. The molecular formula is C13H23F2N3. The van der Waals surface area contributed by atoms with Crippen LogP contribution in [0.3, 0.4) is 0 Å². The highest BCUT2D eigenvalue weighted by atomic mass is 19.3. The van der Waals surface area contributed by atoms with Crippen LogP contribution in [-0.2, 0) is 0 Å². The smallest absolute Gasteiger partial charge is 0.257 e. The molecule has 2 aliphatic rings. The molecule has 1 aliphatic heterocycles. The zero-order valence-corrected chi connectivity index (χ0v) is 11.0. The van der Waals surface area contributed by atoms with Crippen LogP contribution in [0.25, 0.3) is 0 Å². The Bertz CT molecular complexity index is 280. The van der Waals surface area contributed by atoms with Crippen molar-refractivity contribution in [3.05, 3.63) is 0 Å². The van der Waals surface area contributed by atoms with Crippen LogP contribution >= 0.6 is 0 Å². The van der Waals surface area contributed by atoms with Crippen LogP contribution in [0, 0.1) is 11.8 Å². The van der Waals surface area contributed by atoms with E-state index in [-0.39, 0.29) is 0 Å². The van der Waals surface area contributed by atoms with Gasteiger partial charge in [-0.25, -0.2) is 13.8 Å². The number of fused-ring (bicyclic) bond motifs is 1. The van der Waals surface area contributed by atoms with Crippen LogP contribution < -0.4 is 5.32 Å². The first-order valence-corrected chi connectivity index (χ1v) is 7.02. The Hall–Kier alpha value is -0.870. The highest BCUT2D eigenvalue weighted by Crippen LogP contribution is 2.35. The van der Waals surface area contributed by atoms with Crippen molar-refractivity contribution in [2.24, 2.45) is 16.8 Å². The molecule has 3 nitrogen and oxygen atoms in total. The van der Waals surface area contributed by atoms with E-state index in [1.807, 2.05) is 6.92 Å². The minimum absolute atomic E-state index is 0.395. The van der Waals surface area contributed by atoms with Gasteiger partial charge in [-0.2, -0.15) is 0 Å². The fourth-order valence-electron chi connectivity index (χ4n) is 3.16. The van der Waals surface area contributed by atoms with E-state index in [2.05, 4.69) is 15.2 Å². The summed E-state index contributed by atoms with van der Waals surface area (Å²) in [5.74, 6) is 2.16. The first-order chi connectivity index (χ1) is 8.70. The third-order valence-corrected chi connectivity index (χ3v) is 3.99. The number of halogens is 2. The molecule has 2 fully saturated rings. The zero-order chi connectivity index (χ0) is 13.0. The molecule has 18 heavy (non-hydrogen) atoms. The van der Waals surface area contributed by atoms with Crippen LogP contribution in [0.1, 0.15) is 32.6 Å². The van der Waals surface area contributed by atoms with Gasteiger partial charge in [-0.05, 0) is 31.6 Å². The number of hydrogen-bond donors (Lipinski definition) is 1. The van der Waals surface area contributed by atoms with E-state index in [1.165, 1.54) is 25.7 Å². The molecule has 0 aromatic carbocycles. The Morgan fingerprint density at radius 1 is 1.28 bits per heavy atom. The largest absolute Gasteiger partial charge is 0.357 e. The molecule has 2 rings (SSSR count). The van der Waals surface area contributed by atoms with E-state index in [0.717, 1.165) is 31.5 Å². The molecule has 5 heteroatoms. The summed E-state index contributed by atoms with van der Waals surface area (Å²) in [6.45, 7) is 4.28. The molecule has 0 bridgehead atoms. The summed E-state index contributed by atoms with van der Waals surface area (Å²) in [5.41, 5.74) is 0. The topological polar surface area (TPSA) is 27.6 Å². The molecule has 0 amide bonds. The van der Waals surface area contributed by atoms with E-state index < -0.39 is 13.0 Å². The molecule has 1 N–H and O–H groups in total. The minimum Gasteiger partial charge on any atom is -0.357 e. The Kier molecular flexibility index (Phi) is 4.78. The summed E-state index contributed by atoms with van der Waals surface area (Å²) in [6, 6.07) is 0. The lowest BCUT2D eigenvalue weighted by Gasteiger charge is -2.22. The third kappa shape index (κ3) is 3.33. The number of nitrogens with one attached hydrogen (secondary N) is 1. The van der Waals surface area contributed by atoms with Gasteiger partial charge in [0.2, 0.25) is 0 Å². The Morgan fingerprint density at radius 2 is 1.89 bits per heavy atom. The van der Waals surface area contributed by atoms with E-state index in [0.29, 0.717) is 5.96 Å². The van der Waals surface area contributed by atoms with Crippen molar-refractivity contribution < 1.29 is 8.78 Å². The van der Waals surface area contributed by atoms with Gasteiger partial charge < -0.3 is 10.2 Å². The molecule has 1 heterocycles. The fourth-order valence-corrected chi connectivity index (χ4v) is 3.16. The average Bonchev–Trinajstić information content (AvgIpc) is 2.77. The molecule has 1 aliphatic carbocycles. The van der Waals surface area contributed by atoms with Crippen LogP contribution in [-0.4, -0.2) is 43.5 Å². The first kappa shape index (κ1) is 13.6. The molecule has 2 unspecified atom stereocenters. The first-order valence-electron chi connectivity index (χ1n) is 7.02. The van der Waals surface area contributed by atoms with Gasteiger partial charge in [0, 0.05) is 19.6 Å². The lowest BCUT2D eigenvalue weighted by atomic mass is 9.82. The maximum Gasteiger partial charge on any atom is 0.257 e. The molecular weight excluding hydrogens is 236 g/mol. The summed E-state index contributed by atoms with van der Waals surface area (Å²) in [4.78, 5) is 6.21. The summed E-state index contributed by atoms with van der Waals surface area (Å²) >= 11 is 0. The van der Waals surface area contributed by atoms with Crippen molar-refractivity contribution in [3.63, 3.8) is 0 Å². The van der Waals surface area contributed by atoms with Crippen LogP contribution in [0.2, 0.25) is 0 Å². The lowest BCUT2D eigenvalue weighted by molar-refractivity contribution is 0.158. The van der Waals surface area contributed by atoms with Gasteiger partial charge in [0.15, 0.2) is 5.96 Å². The Morgan fingerprint density at radius 3 is 2.39 bits per heavy atom. The fraction of sp³-hybridized carbons (Fsp3) is 0.923. The predicted molar refractivity (Wildman–Crippen MR) is 69.0 cm³/mol. The summed E-state index contributed by atoms with van der Waals surface area (Å²) in [5, 5.41) is 3.13. The minimum atomic E-state index is -2.36. The van der Waals surface area contributed by atoms with Gasteiger partial charge >= 0.3 is 0 Å². The molecule has 1 saturated heterocycles. The molecule has 0 radical (unpaired) electrons. The molecule has 1 saturated carbocycles. The van der Waals surface area contributed by atoms with Gasteiger partial charge in [0.05, 0.1) is 0 Å². The summed E-state index contributed by atoms with van der Waals surface area (Å²) in [6.07, 6.45) is 2.85. The van der Waals surface area contributed by atoms with Crippen LogP contribution in [0.15, 0.2) is 4.99 Å². The molecule has 2 atom stereocenters. The second-order valence-electron chi connectivity index (χ2n) is 5.30. The number of alkyl halides is 2. The Balaban J connectivity index is 1.96. The number of likely N-dealkylation sites (tertiary alicyclic amines) is 1. The number of hydrogen-bond acceptors (Lipinski definition) is 1. The Labute approximate surface area is 108 Å². The number of aliphatic imine (C=N–C) groups is 1. The highest BCUT2D eigenvalue weighted by molar-refractivity contribution is 5.80. The van der Waals surface area contributed by atoms with Crippen molar-refractivity contribution in [1.29, 1.82) is 0 Å². The van der Waals surface area contributed by atoms with Crippen molar-refractivity contribution in [1.82, 2.24) is 10.2 Å². The maximum atomic E-state index is 12.3. The van der Waals surface area contributed by atoms with Crippen molar-refractivity contribution in [2.45, 2.75) is 39.0 Å². The second-order valence-corrected chi connectivity index (χ2v) is 5.30.